The lowest BCUT2D eigenvalue weighted by atomic mass is 9.83. The molecule has 0 aliphatic carbocycles. The van der Waals surface area contributed by atoms with Gasteiger partial charge in [-0.15, -0.1) is 0 Å². The van der Waals surface area contributed by atoms with Crippen LogP contribution in [0.5, 0.6) is 0 Å². The van der Waals surface area contributed by atoms with Crippen LogP contribution in [0.3, 0.4) is 0 Å². The van der Waals surface area contributed by atoms with Gasteiger partial charge in [-0.3, -0.25) is 0 Å². The van der Waals surface area contributed by atoms with Gasteiger partial charge >= 0.3 is 0 Å². The van der Waals surface area contributed by atoms with Crippen LogP contribution in [0.4, 0.5) is 0 Å². The van der Waals surface area contributed by atoms with Gasteiger partial charge < -0.3 is 10.2 Å². The maximum absolute atomic E-state index is 9.59. The third-order valence-electron chi connectivity index (χ3n) is 2.52. The van der Waals surface area contributed by atoms with E-state index in [4.69, 9.17) is 0 Å². The van der Waals surface area contributed by atoms with Gasteiger partial charge in [-0.05, 0) is 5.92 Å². The second-order valence-corrected chi connectivity index (χ2v) is 3.97. The minimum absolute atomic E-state index is 0.0810. The van der Waals surface area contributed by atoms with Crippen LogP contribution in [0, 0.1) is 17.8 Å². The molecule has 11 heavy (non-hydrogen) atoms. The van der Waals surface area contributed by atoms with Crippen molar-refractivity contribution in [2.45, 2.75) is 40.4 Å². The van der Waals surface area contributed by atoms with Crippen molar-refractivity contribution in [1.82, 2.24) is 0 Å². The summed E-state index contributed by atoms with van der Waals surface area (Å²) in [6.45, 7) is 9.49. The van der Waals surface area contributed by atoms with Gasteiger partial charge in [0.25, 0.3) is 0 Å². The molecule has 0 amide bonds. The zero-order chi connectivity index (χ0) is 9.23. The Bertz CT molecular complexity index is 117. The number of rotatable bonds is 3. The van der Waals surface area contributed by atoms with Crippen LogP contribution in [0.2, 0.25) is 0 Å². The fourth-order valence-electron chi connectivity index (χ4n) is 1.02. The van der Waals surface area contributed by atoms with Gasteiger partial charge in [-0.2, -0.15) is 0 Å². The summed E-state index contributed by atoms with van der Waals surface area (Å²) in [5.74, 6) is -1.41. The third-order valence-corrected chi connectivity index (χ3v) is 2.52. The van der Waals surface area contributed by atoms with Crippen LogP contribution < -0.4 is 0 Å². The second kappa shape index (κ2) is 3.55. The zero-order valence-corrected chi connectivity index (χ0v) is 8.13. The molecule has 0 rings (SSSR count). The van der Waals surface area contributed by atoms with E-state index in [9.17, 15) is 10.2 Å². The van der Waals surface area contributed by atoms with Crippen LogP contribution in [0.1, 0.15) is 34.6 Å². The highest BCUT2D eigenvalue weighted by molar-refractivity contribution is 4.77. The molecule has 1 unspecified atom stereocenters. The molecule has 0 aliphatic rings. The Kier molecular flexibility index (Phi) is 3.52. The first-order valence-corrected chi connectivity index (χ1v) is 4.24. The first-order valence-electron chi connectivity index (χ1n) is 4.24. The fraction of sp³-hybridized carbons (Fsp3) is 1.00. The Morgan fingerprint density at radius 3 is 1.36 bits per heavy atom. The van der Waals surface area contributed by atoms with E-state index in [2.05, 4.69) is 0 Å². The van der Waals surface area contributed by atoms with Crippen molar-refractivity contribution in [2.75, 3.05) is 0 Å². The summed E-state index contributed by atoms with van der Waals surface area (Å²) in [6.07, 6.45) is 0. The molecule has 0 aromatic rings. The van der Waals surface area contributed by atoms with Crippen LogP contribution in [0.15, 0.2) is 0 Å². The van der Waals surface area contributed by atoms with E-state index in [-0.39, 0.29) is 11.8 Å². The highest BCUT2D eigenvalue weighted by Crippen LogP contribution is 2.28. The molecule has 0 aromatic carbocycles. The Hall–Kier alpha value is -0.0800. The summed E-state index contributed by atoms with van der Waals surface area (Å²) in [5, 5.41) is 19.2. The molecule has 1 atom stereocenters. The standard InChI is InChI=1S/C9H20O2/c1-6(2)8(5)9(10,11)7(3)4/h6-8,10-11H,1-5H3. The summed E-state index contributed by atoms with van der Waals surface area (Å²) in [5.41, 5.74) is 0. The first kappa shape index (κ1) is 10.9. The molecule has 0 heterocycles. The average molecular weight is 160 g/mol. The highest BCUT2D eigenvalue weighted by Gasteiger charge is 2.35. The molecular formula is C9H20O2. The molecule has 2 heteroatoms. The highest BCUT2D eigenvalue weighted by atomic mass is 16.5. The second-order valence-electron chi connectivity index (χ2n) is 3.97. The summed E-state index contributed by atoms with van der Waals surface area (Å²) in [6, 6.07) is 0. The average Bonchev–Trinajstić information content (AvgIpc) is 1.85. The molecule has 0 saturated carbocycles. The predicted molar refractivity (Wildman–Crippen MR) is 46.0 cm³/mol. The van der Waals surface area contributed by atoms with Gasteiger partial charge in [0.1, 0.15) is 0 Å². The van der Waals surface area contributed by atoms with Crippen molar-refractivity contribution in [2.24, 2.45) is 17.8 Å². The fourth-order valence-corrected chi connectivity index (χ4v) is 1.02. The van der Waals surface area contributed by atoms with Crippen molar-refractivity contribution in [1.29, 1.82) is 0 Å². The minimum Gasteiger partial charge on any atom is -0.365 e. The Labute approximate surface area is 69.2 Å². The van der Waals surface area contributed by atoms with Crippen molar-refractivity contribution >= 4 is 0 Å². The molecular weight excluding hydrogens is 140 g/mol. The van der Waals surface area contributed by atoms with Gasteiger partial charge in [-0.25, -0.2) is 0 Å². The van der Waals surface area contributed by atoms with E-state index in [1.54, 1.807) is 0 Å². The van der Waals surface area contributed by atoms with Gasteiger partial charge in [-0.1, -0.05) is 34.6 Å². The molecule has 2 nitrogen and oxygen atoms in total. The molecule has 0 aliphatic heterocycles. The van der Waals surface area contributed by atoms with E-state index in [0.717, 1.165) is 0 Å². The number of hydrogen-bond acceptors (Lipinski definition) is 2. The Morgan fingerprint density at radius 1 is 0.909 bits per heavy atom. The molecule has 0 aromatic heterocycles. The zero-order valence-electron chi connectivity index (χ0n) is 8.13. The van der Waals surface area contributed by atoms with E-state index in [1.165, 1.54) is 0 Å². The molecule has 0 saturated heterocycles. The molecule has 0 bridgehead atoms. The maximum Gasteiger partial charge on any atom is 0.167 e. The summed E-state index contributed by atoms with van der Waals surface area (Å²) >= 11 is 0. The van der Waals surface area contributed by atoms with Crippen LogP contribution in [0.25, 0.3) is 0 Å². The largest absolute Gasteiger partial charge is 0.365 e. The van der Waals surface area contributed by atoms with E-state index in [0.29, 0.717) is 5.92 Å². The molecule has 68 valence electrons. The molecule has 0 fully saturated rings. The summed E-state index contributed by atoms with van der Waals surface area (Å²) < 4.78 is 0. The van der Waals surface area contributed by atoms with E-state index >= 15 is 0 Å². The van der Waals surface area contributed by atoms with Crippen molar-refractivity contribution in [3.63, 3.8) is 0 Å². The lowest BCUT2D eigenvalue weighted by Gasteiger charge is -2.34. The summed E-state index contributed by atoms with van der Waals surface area (Å²) in [7, 11) is 0. The van der Waals surface area contributed by atoms with Crippen LogP contribution >= 0.6 is 0 Å². The van der Waals surface area contributed by atoms with Gasteiger partial charge in [0.05, 0.1) is 0 Å². The SMILES string of the molecule is CC(C)C(C)C(O)(O)C(C)C. The van der Waals surface area contributed by atoms with Crippen molar-refractivity contribution in [3.05, 3.63) is 0 Å². The van der Waals surface area contributed by atoms with Crippen molar-refractivity contribution < 1.29 is 10.2 Å². The van der Waals surface area contributed by atoms with Gasteiger partial charge in [0, 0.05) is 11.8 Å². The van der Waals surface area contributed by atoms with E-state index in [1.807, 2.05) is 34.6 Å². The Morgan fingerprint density at radius 2 is 1.27 bits per heavy atom. The van der Waals surface area contributed by atoms with Crippen molar-refractivity contribution in [3.8, 4) is 0 Å². The van der Waals surface area contributed by atoms with E-state index < -0.39 is 5.79 Å². The summed E-state index contributed by atoms with van der Waals surface area (Å²) in [4.78, 5) is 0. The maximum atomic E-state index is 9.59. The normalized spacial score (nSPS) is 16.1. The molecule has 0 spiro atoms. The predicted octanol–water partition coefficient (Wildman–Crippen LogP) is 1.62. The topological polar surface area (TPSA) is 40.5 Å². The quantitative estimate of drug-likeness (QED) is 0.616. The van der Waals surface area contributed by atoms with Crippen LogP contribution in [-0.4, -0.2) is 16.0 Å². The van der Waals surface area contributed by atoms with Gasteiger partial charge in [0.2, 0.25) is 0 Å². The lowest BCUT2D eigenvalue weighted by molar-refractivity contribution is -0.233. The number of aliphatic hydroxyl groups is 2. The first-order chi connectivity index (χ1) is 4.80. The van der Waals surface area contributed by atoms with Gasteiger partial charge in [0.15, 0.2) is 5.79 Å². The smallest absolute Gasteiger partial charge is 0.167 e. The molecule has 0 radical (unpaired) electrons. The number of hydrogen-bond donors (Lipinski definition) is 2. The third kappa shape index (κ3) is 2.46. The Balaban J connectivity index is 4.29. The monoisotopic (exact) mass is 160 g/mol. The minimum atomic E-state index is -1.52. The van der Waals surface area contributed by atoms with Crippen LogP contribution in [-0.2, 0) is 0 Å². The lowest BCUT2D eigenvalue weighted by Crippen LogP contribution is -2.43. The molecule has 2 N–H and O–H groups in total.